The Bertz CT molecular complexity index is 921. The van der Waals surface area contributed by atoms with Crippen LogP contribution in [0.1, 0.15) is 31.9 Å². The van der Waals surface area contributed by atoms with E-state index in [9.17, 15) is 5.11 Å². The first-order valence-corrected chi connectivity index (χ1v) is 10.8. The van der Waals surface area contributed by atoms with Crippen molar-refractivity contribution in [3.63, 3.8) is 0 Å². The first kappa shape index (κ1) is 22.7. The van der Waals surface area contributed by atoms with Crippen molar-refractivity contribution in [2.75, 3.05) is 31.7 Å². The summed E-state index contributed by atoms with van der Waals surface area (Å²) in [6.45, 7) is 8.11. The SMILES string of the molecule is CCN(CC(O)COc1ccc(C(C)(C)c2ccc(OC)cc2)cc1)c1ccccc1. The third-order valence-corrected chi connectivity index (χ3v) is 5.76. The van der Waals surface area contributed by atoms with Crippen molar-refractivity contribution in [3.05, 3.63) is 90.0 Å². The van der Waals surface area contributed by atoms with Crippen LogP contribution < -0.4 is 14.4 Å². The molecule has 0 spiro atoms. The highest BCUT2D eigenvalue weighted by atomic mass is 16.5. The Kier molecular flexibility index (Phi) is 7.59. The molecule has 0 aliphatic heterocycles. The van der Waals surface area contributed by atoms with Crippen molar-refractivity contribution in [3.8, 4) is 11.5 Å². The van der Waals surface area contributed by atoms with Gasteiger partial charge in [0.1, 0.15) is 24.2 Å². The molecule has 0 amide bonds. The lowest BCUT2D eigenvalue weighted by Gasteiger charge is -2.27. The maximum atomic E-state index is 10.5. The Morgan fingerprint density at radius 2 is 1.39 bits per heavy atom. The number of hydrogen-bond acceptors (Lipinski definition) is 4. The summed E-state index contributed by atoms with van der Waals surface area (Å²) in [7, 11) is 1.68. The Morgan fingerprint density at radius 3 is 1.90 bits per heavy atom. The quantitative estimate of drug-likeness (QED) is 0.485. The van der Waals surface area contributed by atoms with Gasteiger partial charge in [-0.3, -0.25) is 0 Å². The number of hydrogen-bond donors (Lipinski definition) is 1. The van der Waals surface area contributed by atoms with E-state index < -0.39 is 6.10 Å². The lowest BCUT2D eigenvalue weighted by molar-refractivity contribution is 0.112. The van der Waals surface area contributed by atoms with E-state index in [1.165, 1.54) is 11.1 Å². The molecule has 4 heteroatoms. The highest BCUT2D eigenvalue weighted by Crippen LogP contribution is 2.33. The second-order valence-corrected chi connectivity index (χ2v) is 8.22. The third-order valence-electron chi connectivity index (χ3n) is 5.76. The number of rotatable bonds is 10. The average molecular weight is 420 g/mol. The number of para-hydroxylation sites is 1. The van der Waals surface area contributed by atoms with Crippen molar-refractivity contribution in [1.82, 2.24) is 0 Å². The van der Waals surface area contributed by atoms with Crippen LogP contribution in [0.5, 0.6) is 11.5 Å². The van der Waals surface area contributed by atoms with Crippen LogP contribution >= 0.6 is 0 Å². The fraction of sp³-hybridized carbons (Fsp3) is 0.333. The van der Waals surface area contributed by atoms with Gasteiger partial charge in [-0.1, -0.05) is 56.3 Å². The Balaban J connectivity index is 1.58. The number of aliphatic hydroxyl groups is 1. The molecule has 3 aromatic carbocycles. The highest BCUT2D eigenvalue weighted by molar-refractivity contribution is 5.46. The van der Waals surface area contributed by atoms with Crippen molar-refractivity contribution in [1.29, 1.82) is 0 Å². The molecule has 1 atom stereocenters. The minimum absolute atomic E-state index is 0.137. The van der Waals surface area contributed by atoms with Gasteiger partial charge in [0.15, 0.2) is 0 Å². The molecule has 0 heterocycles. The maximum absolute atomic E-state index is 10.5. The minimum Gasteiger partial charge on any atom is -0.497 e. The Morgan fingerprint density at radius 1 is 0.839 bits per heavy atom. The molecular weight excluding hydrogens is 386 g/mol. The second kappa shape index (κ2) is 10.4. The number of benzene rings is 3. The molecule has 1 unspecified atom stereocenters. The summed E-state index contributed by atoms with van der Waals surface area (Å²) in [6.07, 6.45) is -0.574. The molecule has 0 fully saturated rings. The summed E-state index contributed by atoms with van der Waals surface area (Å²) in [5.74, 6) is 1.62. The van der Waals surface area contributed by atoms with Gasteiger partial charge >= 0.3 is 0 Å². The van der Waals surface area contributed by atoms with E-state index in [1.807, 2.05) is 42.5 Å². The van der Waals surface area contributed by atoms with E-state index in [2.05, 4.69) is 62.1 Å². The zero-order valence-electron chi connectivity index (χ0n) is 18.9. The summed E-state index contributed by atoms with van der Waals surface area (Å²) >= 11 is 0. The largest absolute Gasteiger partial charge is 0.497 e. The molecular formula is C27H33NO3. The molecule has 164 valence electrons. The highest BCUT2D eigenvalue weighted by Gasteiger charge is 2.23. The molecule has 0 saturated heterocycles. The van der Waals surface area contributed by atoms with Gasteiger partial charge in [-0.25, -0.2) is 0 Å². The second-order valence-electron chi connectivity index (χ2n) is 8.22. The Hall–Kier alpha value is -2.98. The zero-order chi connectivity index (χ0) is 22.3. The van der Waals surface area contributed by atoms with E-state index >= 15 is 0 Å². The fourth-order valence-corrected chi connectivity index (χ4v) is 3.70. The average Bonchev–Trinajstić information content (AvgIpc) is 2.82. The predicted octanol–water partition coefficient (Wildman–Crippen LogP) is 5.29. The van der Waals surface area contributed by atoms with E-state index in [1.54, 1.807) is 7.11 Å². The summed E-state index contributed by atoms with van der Waals surface area (Å²) in [5.41, 5.74) is 3.39. The topological polar surface area (TPSA) is 41.9 Å². The van der Waals surface area contributed by atoms with Gasteiger partial charge in [0.05, 0.1) is 7.11 Å². The van der Waals surface area contributed by atoms with Crippen LogP contribution in [0.25, 0.3) is 0 Å². The molecule has 3 aromatic rings. The lowest BCUT2D eigenvalue weighted by Crippen LogP contribution is -2.35. The van der Waals surface area contributed by atoms with Crippen LogP contribution in [0.4, 0.5) is 5.69 Å². The zero-order valence-corrected chi connectivity index (χ0v) is 18.9. The Labute approximate surface area is 186 Å². The molecule has 0 aliphatic rings. The normalized spacial score (nSPS) is 12.3. The van der Waals surface area contributed by atoms with E-state index in [-0.39, 0.29) is 12.0 Å². The van der Waals surface area contributed by atoms with Crippen LogP contribution in [-0.4, -0.2) is 38.0 Å². The standard InChI is InChI=1S/C27H33NO3/c1-5-28(23-9-7-6-8-10-23)19-24(29)20-31-26-17-13-22(14-18-26)27(2,3)21-11-15-25(30-4)16-12-21/h6-18,24,29H,5,19-20H2,1-4H3. The number of aliphatic hydroxyl groups excluding tert-OH is 1. The number of likely N-dealkylation sites (N-methyl/N-ethyl adjacent to an activating group) is 1. The van der Waals surface area contributed by atoms with Crippen molar-refractivity contribution in [2.45, 2.75) is 32.3 Å². The maximum Gasteiger partial charge on any atom is 0.119 e. The lowest BCUT2D eigenvalue weighted by atomic mass is 9.78. The van der Waals surface area contributed by atoms with Gasteiger partial charge in [-0.15, -0.1) is 0 Å². The van der Waals surface area contributed by atoms with E-state index in [0.29, 0.717) is 6.54 Å². The van der Waals surface area contributed by atoms with Gasteiger partial charge in [-0.2, -0.15) is 0 Å². The van der Waals surface area contributed by atoms with E-state index in [0.717, 1.165) is 23.7 Å². The number of nitrogens with zero attached hydrogens (tertiary/aromatic N) is 1. The molecule has 0 bridgehead atoms. The monoisotopic (exact) mass is 419 g/mol. The van der Waals surface area contributed by atoms with Gasteiger partial charge in [0.25, 0.3) is 0 Å². The van der Waals surface area contributed by atoms with Crippen LogP contribution in [0.3, 0.4) is 0 Å². The van der Waals surface area contributed by atoms with Gasteiger partial charge in [0, 0.05) is 24.2 Å². The molecule has 3 rings (SSSR count). The molecule has 0 aromatic heterocycles. The van der Waals surface area contributed by atoms with Crippen LogP contribution in [0, 0.1) is 0 Å². The summed E-state index contributed by atoms with van der Waals surface area (Å²) in [6, 6.07) is 26.4. The number of anilines is 1. The van der Waals surface area contributed by atoms with Gasteiger partial charge < -0.3 is 19.5 Å². The summed E-state index contributed by atoms with van der Waals surface area (Å²) in [4.78, 5) is 2.15. The van der Waals surface area contributed by atoms with Crippen LogP contribution in [-0.2, 0) is 5.41 Å². The molecule has 0 saturated carbocycles. The molecule has 0 radical (unpaired) electrons. The molecule has 1 N–H and O–H groups in total. The molecule has 0 aliphatic carbocycles. The summed E-state index contributed by atoms with van der Waals surface area (Å²) in [5, 5.41) is 10.5. The van der Waals surface area contributed by atoms with Gasteiger partial charge in [-0.05, 0) is 54.4 Å². The van der Waals surface area contributed by atoms with Crippen molar-refractivity contribution in [2.24, 2.45) is 0 Å². The molecule has 31 heavy (non-hydrogen) atoms. The smallest absolute Gasteiger partial charge is 0.119 e. The number of ether oxygens (including phenoxy) is 2. The fourth-order valence-electron chi connectivity index (χ4n) is 3.70. The predicted molar refractivity (Wildman–Crippen MR) is 127 cm³/mol. The van der Waals surface area contributed by atoms with Crippen LogP contribution in [0.15, 0.2) is 78.9 Å². The first-order chi connectivity index (χ1) is 14.9. The molecule has 4 nitrogen and oxygen atoms in total. The van der Waals surface area contributed by atoms with Gasteiger partial charge in [0.2, 0.25) is 0 Å². The van der Waals surface area contributed by atoms with E-state index in [4.69, 9.17) is 9.47 Å². The van der Waals surface area contributed by atoms with Crippen molar-refractivity contribution >= 4 is 5.69 Å². The minimum atomic E-state index is -0.574. The third kappa shape index (κ3) is 5.80. The van der Waals surface area contributed by atoms with Crippen LogP contribution in [0.2, 0.25) is 0 Å². The first-order valence-electron chi connectivity index (χ1n) is 10.8. The summed E-state index contributed by atoms with van der Waals surface area (Å²) < 4.78 is 11.1. The van der Waals surface area contributed by atoms with Crippen molar-refractivity contribution < 1.29 is 14.6 Å². The number of methoxy groups -OCH3 is 1.